The summed E-state index contributed by atoms with van der Waals surface area (Å²) in [5.74, 6) is -0.535. The Labute approximate surface area is 116 Å². The minimum atomic E-state index is -3.92. The number of nitrogen functional groups attached to an aromatic ring is 1. The van der Waals surface area contributed by atoms with E-state index in [1.807, 2.05) is 0 Å². The molecule has 1 heterocycles. The molecular weight excluding hydrogens is 292 g/mol. The van der Waals surface area contributed by atoms with Gasteiger partial charge < -0.3 is 15.6 Å². The van der Waals surface area contributed by atoms with Crippen molar-refractivity contribution in [1.82, 2.24) is 4.72 Å². The summed E-state index contributed by atoms with van der Waals surface area (Å²) in [6.45, 7) is 0.781. The Hall–Kier alpha value is -1.02. The molecule has 0 unspecified atom stereocenters. The molecular formula is C11H15ClN2O4S. The smallest absolute Gasteiger partial charge is 0.245 e. The first kappa shape index (κ1) is 14.4. The fourth-order valence-corrected chi connectivity index (χ4v) is 3.60. The van der Waals surface area contributed by atoms with Gasteiger partial charge in [-0.05, 0) is 25.0 Å². The third kappa shape index (κ3) is 3.11. The molecule has 1 atom stereocenters. The summed E-state index contributed by atoms with van der Waals surface area (Å²) < 4.78 is 31.9. The standard InChI is InChI=1S/C11H15ClN2O4S/c12-8-3-4-9(13)10(15)11(8)19(16,17)14-6-7-2-1-5-18-7/h3-4,7,14-15H,1-2,5-6,13H2/t7-/m0/s1. The van der Waals surface area contributed by atoms with Crippen molar-refractivity contribution in [3.8, 4) is 5.75 Å². The monoisotopic (exact) mass is 306 g/mol. The lowest BCUT2D eigenvalue weighted by molar-refractivity contribution is 0.114. The molecule has 1 aromatic rings. The molecule has 1 saturated heterocycles. The van der Waals surface area contributed by atoms with Crippen molar-refractivity contribution < 1.29 is 18.3 Å². The van der Waals surface area contributed by atoms with Gasteiger partial charge in [-0.2, -0.15) is 0 Å². The number of nitrogens with one attached hydrogen (secondary N) is 1. The molecule has 6 nitrogen and oxygen atoms in total. The van der Waals surface area contributed by atoms with Crippen molar-refractivity contribution in [2.75, 3.05) is 18.9 Å². The molecule has 1 aliphatic heterocycles. The molecule has 1 fully saturated rings. The normalized spacial score (nSPS) is 19.7. The lowest BCUT2D eigenvalue weighted by Crippen LogP contribution is -2.32. The highest BCUT2D eigenvalue weighted by atomic mass is 35.5. The average Bonchev–Trinajstić information content (AvgIpc) is 2.85. The largest absolute Gasteiger partial charge is 0.504 e. The van der Waals surface area contributed by atoms with Gasteiger partial charge in [0, 0.05) is 13.2 Å². The second-order valence-corrected chi connectivity index (χ2v) is 6.41. The van der Waals surface area contributed by atoms with Crippen LogP contribution in [0.25, 0.3) is 0 Å². The van der Waals surface area contributed by atoms with Crippen molar-refractivity contribution in [2.45, 2.75) is 23.8 Å². The van der Waals surface area contributed by atoms with Crippen molar-refractivity contribution in [2.24, 2.45) is 0 Å². The first-order valence-electron chi connectivity index (χ1n) is 5.80. The lowest BCUT2D eigenvalue weighted by Gasteiger charge is -2.14. The summed E-state index contributed by atoms with van der Waals surface area (Å²) in [4.78, 5) is -0.396. The number of halogens is 1. The molecule has 0 saturated carbocycles. The number of rotatable bonds is 4. The molecule has 1 aliphatic rings. The second kappa shape index (κ2) is 5.54. The first-order valence-corrected chi connectivity index (χ1v) is 7.66. The van der Waals surface area contributed by atoms with Crippen LogP contribution in [0, 0.1) is 0 Å². The maximum atomic E-state index is 12.1. The molecule has 4 N–H and O–H groups in total. The number of nitrogens with two attached hydrogens (primary N) is 1. The molecule has 1 aromatic carbocycles. The molecule has 0 amide bonds. The van der Waals surface area contributed by atoms with Crippen LogP contribution in [0.4, 0.5) is 5.69 Å². The highest BCUT2D eigenvalue weighted by molar-refractivity contribution is 7.89. The third-order valence-corrected chi connectivity index (χ3v) is 4.83. The number of aromatic hydroxyl groups is 1. The topological polar surface area (TPSA) is 102 Å². The summed E-state index contributed by atoms with van der Waals surface area (Å²) >= 11 is 5.82. The highest BCUT2D eigenvalue weighted by Gasteiger charge is 2.26. The third-order valence-electron chi connectivity index (χ3n) is 2.91. The number of hydrogen-bond donors (Lipinski definition) is 3. The van der Waals surface area contributed by atoms with E-state index in [2.05, 4.69) is 4.72 Å². The lowest BCUT2D eigenvalue weighted by atomic mass is 10.2. The van der Waals surface area contributed by atoms with Gasteiger partial charge in [-0.15, -0.1) is 0 Å². The summed E-state index contributed by atoms with van der Waals surface area (Å²) in [6.07, 6.45) is 1.58. The number of phenols is 1. The summed E-state index contributed by atoms with van der Waals surface area (Å²) in [6, 6.07) is 2.67. The van der Waals surface area contributed by atoms with Gasteiger partial charge in [0.15, 0.2) is 5.75 Å². The van der Waals surface area contributed by atoms with E-state index in [-0.39, 0.29) is 23.4 Å². The van der Waals surface area contributed by atoms with Crippen molar-refractivity contribution >= 4 is 27.3 Å². The quantitative estimate of drug-likeness (QED) is 0.571. The van der Waals surface area contributed by atoms with E-state index in [0.29, 0.717) is 6.61 Å². The van der Waals surface area contributed by atoms with Gasteiger partial charge in [0.25, 0.3) is 0 Å². The molecule has 106 valence electrons. The molecule has 2 rings (SSSR count). The predicted octanol–water partition coefficient (Wildman–Crippen LogP) is 1.09. The Morgan fingerprint density at radius 2 is 2.26 bits per heavy atom. The maximum absolute atomic E-state index is 12.1. The number of sulfonamides is 1. The number of hydrogen-bond acceptors (Lipinski definition) is 5. The van der Waals surface area contributed by atoms with E-state index in [4.69, 9.17) is 22.1 Å². The predicted molar refractivity (Wildman–Crippen MR) is 71.7 cm³/mol. The highest BCUT2D eigenvalue weighted by Crippen LogP contribution is 2.34. The molecule has 0 aliphatic carbocycles. The van der Waals surface area contributed by atoms with Crippen LogP contribution in [-0.2, 0) is 14.8 Å². The van der Waals surface area contributed by atoms with Crippen LogP contribution in [-0.4, -0.2) is 32.8 Å². The Morgan fingerprint density at radius 3 is 2.89 bits per heavy atom. The molecule has 0 radical (unpaired) electrons. The van der Waals surface area contributed by atoms with Gasteiger partial charge in [0.2, 0.25) is 10.0 Å². The first-order chi connectivity index (χ1) is 8.92. The van der Waals surface area contributed by atoms with Gasteiger partial charge in [0.05, 0.1) is 16.8 Å². The molecule has 0 bridgehead atoms. The summed E-state index contributed by atoms with van der Waals surface area (Å²) in [7, 11) is -3.92. The van der Waals surface area contributed by atoms with Crippen LogP contribution < -0.4 is 10.5 Å². The minimum absolute atomic E-state index is 0.0399. The fraction of sp³-hybridized carbons (Fsp3) is 0.455. The van der Waals surface area contributed by atoms with Gasteiger partial charge in [-0.3, -0.25) is 0 Å². The number of anilines is 1. The van der Waals surface area contributed by atoms with Gasteiger partial charge >= 0.3 is 0 Å². The average molecular weight is 307 g/mol. The van der Waals surface area contributed by atoms with E-state index in [1.165, 1.54) is 12.1 Å². The Balaban J connectivity index is 2.21. The number of benzene rings is 1. The zero-order chi connectivity index (χ0) is 14.0. The summed E-state index contributed by atoms with van der Waals surface area (Å²) in [5, 5.41) is 9.67. The van der Waals surface area contributed by atoms with Gasteiger partial charge in [0.1, 0.15) is 4.90 Å². The fourth-order valence-electron chi connectivity index (χ4n) is 1.90. The Bertz CT molecular complexity index is 570. The van der Waals surface area contributed by atoms with E-state index < -0.39 is 20.7 Å². The molecule has 8 heteroatoms. The van der Waals surface area contributed by atoms with E-state index in [0.717, 1.165) is 12.8 Å². The Morgan fingerprint density at radius 1 is 1.53 bits per heavy atom. The maximum Gasteiger partial charge on any atom is 0.245 e. The van der Waals surface area contributed by atoms with Crippen LogP contribution in [0.5, 0.6) is 5.75 Å². The van der Waals surface area contributed by atoms with Crippen LogP contribution in [0.15, 0.2) is 17.0 Å². The molecule has 19 heavy (non-hydrogen) atoms. The SMILES string of the molecule is Nc1ccc(Cl)c(S(=O)(=O)NC[C@@H]2CCCO2)c1O. The number of ether oxygens (including phenoxy) is 1. The van der Waals surface area contributed by atoms with Crippen molar-refractivity contribution in [3.05, 3.63) is 17.2 Å². The zero-order valence-electron chi connectivity index (χ0n) is 10.1. The van der Waals surface area contributed by atoms with Crippen LogP contribution >= 0.6 is 11.6 Å². The van der Waals surface area contributed by atoms with E-state index in [1.54, 1.807) is 0 Å². The van der Waals surface area contributed by atoms with Crippen LogP contribution in [0.1, 0.15) is 12.8 Å². The number of phenolic OH excluding ortho intramolecular Hbond substituents is 1. The van der Waals surface area contributed by atoms with Gasteiger partial charge in [-0.1, -0.05) is 11.6 Å². The van der Waals surface area contributed by atoms with Crippen LogP contribution in [0.2, 0.25) is 5.02 Å². The molecule has 0 aromatic heterocycles. The molecule has 0 spiro atoms. The van der Waals surface area contributed by atoms with E-state index >= 15 is 0 Å². The van der Waals surface area contributed by atoms with Crippen molar-refractivity contribution in [1.29, 1.82) is 0 Å². The minimum Gasteiger partial charge on any atom is -0.504 e. The second-order valence-electron chi connectivity index (χ2n) is 4.30. The van der Waals surface area contributed by atoms with Crippen LogP contribution in [0.3, 0.4) is 0 Å². The zero-order valence-corrected chi connectivity index (χ0v) is 11.7. The Kier molecular flexibility index (Phi) is 4.19. The van der Waals surface area contributed by atoms with Crippen molar-refractivity contribution in [3.63, 3.8) is 0 Å². The summed E-state index contributed by atoms with van der Waals surface area (Å²) in [5.41, 5.74) is 5.44. The van der Waals surface area contributed by atoms with E-state index in [9.17, 15) is 13.5 Å². The van der Waals surface area contributed by atoms with Gasteiger partial charge in [-0.25, -0.2) is 13.1 Å².